The van der Waals surface area contributed by atoms with Crippen LogP contribution in [0.15, 0.2) is 23.1 Å². The van der Waals surface area contributed by atoms with Gasteiger partial charge in [0, 0.05) is 33.1 Å². The van der Waals surface area contributed by atoms with Gasteiger partial charge in [-0.25, -0.2) is 13.1 Å². The first-order valence-electron chi connectivity index (χ1n) is 8.75. The number of nitrogens with one attached hydrogen (secondary N) is 1. The van der Waals surface area contributed by atoms with E-state index in [1.54, 1.807) is 11.0 Å². The van der Waals surface area contributed by atoms with E-state index in [-0.39, 0.29) is 16.9 Å². The number of sulfonamides is 1. The minimum absolute atomic E-state index is 0.127. The van der Waals surface area contributed by atoms with E-state index >= 15 is 0 Å². The quantitative estimate of drug-likeness (QED) is 0.793. The zero-order chi connectivity index (χ0) is 18.7. The average Bonchev–Trinajstić information content (AvgIpc) is 2.61. The third-order valence-electron chi connectivity index (χ3n) is 4.50. The topological polar surface area (TPSA) is 88.2 Å². The fraction of sp³-hybridized carbons (Fsp3) is 0.588. The second-order valence-corrected chi connectivity index (χ2v) is 8.31. The molecule has 1 fully saturated rings. The smallest absolute Gasteiger partial charge is 0.240 e. The molecule has 0 bridgehead atoms. The van der Waals surface area contributed by atoms with Gasteiger partial charge in [0.15, 0.2) is 0 Å². The van der Waals surface area contributed by atoms with Gasteiger partial charge in [0.1, 0.15) is 11.9 Å². The van der Waals surface area contributed by atoms with Gasteiger partial charge in [-0.2, -0.15) is 0 Å². The summed E-state index contributed by atoms with van der Waals surface area (Å²) in [4.78, 5) is 15.7. The molecule has 0 aromatic heterocycles. The van der Waals surface area contributed by atoms with E-state index in [0.717, 1.165) is 13.1 Å². The van der Waals surface area contributed by atoms with Crippen LogP contribution < -0.4 is 14.4 Å². The van der Waals surface area contributed by atoms with Crippen molar-refractivity contribution >= 4 is 21.6 Å². The maximum atomic E-state index is 12.6. The highest BCUT2D eigenvalue weighted by Gasteiger charge is 2.27. The van der Waals surface area contributed by atoms with E-state index in [1.165, 1.54) is 19.1 Å². The molecule has 1 aromatic rings. The molecule has 144 valence electrons. The Morgan fingerprint density at radius 1 is 1.31 bits per heavy atom. The van der Waals surface area contributed by atoms with Crippen LogP contribution in [0.5, 0.6) is 5.75 Å². The molecule has 2 heterocycles. The van der Waals surface area contributed by atoms with Gasteiger partial charge in [-0.3, -0.25) is 9.69 Å². The molecule has 9 heteroatoms. The molecule has 1 unspecified atom stereocenters. The minimum Gasteiger partial charge on any atom is -0.487 e. The summed E-state index contributed by atoms with van der Waals surface area (Å²) in [6.45, 7) is 7.66. The van der Waals surface area contributed by atoms with Crippen molar-refractivity contribution in [2.45, 2.75) is 24.8 Å². The van der Waals surface area contributed by atoms with Crippen LogP contribution in [0.1, 0.15) is 13.8 Å². The number of morpholine rings is 1. The molecule has 1 atom stereocenters. The first kappa shape index (κ1) is 19.1. The monoisotopic (exact) mass is 383 g/mol. The first-order valence-corrected chi connectivity index (χ1v) is 10.2. The number of hydrogen-bond acceptors (Lipinski definition) is 6. The Balaban J connectivity index is 1.71. The number of carbonyl (C=O) groups is 1. The molecule has 0 spiro atoms. The van der Waals surface area contributed by atoms with Crippen molar-refractivity contribution in [2.75, 3.05) is 50.8 Å². The Hall–Kier alpha value is -1.68. The van der Waals surface area contributed by atoms with Crippen LogP contribution in [-0.2, 0) is 19.6 Å². The summed E-state index contributed by atoms with van der Waals surface area (Å²) >= 11 is 0. The summed E-state index contributed by atoms with van der Waals surface area (Å²) < 4.78 is 38.8. The van der Waals surface area contributed by atoms with Crippen molar-refractivity contribution in [2.24, 2.45) is 0 Å². The van der Waals surface area contributed by atoms with Gasteiger partial charge >= 0.3 is 0 Å². The van der Waals surface area contributed by atoms with Crippen molar-refractivity contribution in [1.82, 2.24) is 9.62 Å². The summed E-state index contributed by atoms with van der Waals surface area (Å²) in [6.07, 6.45) is -0.138. The lowest BCUT2D eigenvalue weighted by atomic mass is 10.2. The molecule has 1 N–H and O–H groups in total. The van der Waals surface area contributed by atoms with Crippen molar-refractivity contribution < 1.29 is 22.7 Å². The Kier molecular flexibility index (Phi) is 5.81. The average molecular weight is 383 g/mol. The molecular weight excluding hydrogens is 358 g/mol. The van der Waals surface area contributed by atoms with Gasteiger partial charge in [0.2, 0.25) is 15.9 Å². The molecule has 8 nitrogen and oxygen atoms in total. The van der Waals surface area contributed by atoms with Crippen molar-refractivity contribution in [3.8, 4) is 5.75 Å². The molecule has 0 saturated carbocycles. The number of carbonyl (C=O) groups excluding carboxylic acids is 1. The van der Waals surface area contributed by atoms with Crippen LogP contribution in [0.3, 0.4) is 0 Å². The number of rotatable bonds is 5. The van der Waals surface area contributed by atoms with Crippen molar-refractivity contribution in [3.05, 3.63) is 18.2 Å². The predicted octanol–water partition coefficient (Wildman–Crippen LogP) is 0.431. The third kappa shape index (κ3) is 4.35. The maximum absolute atomic E-state index is 12.6. The summed E-state index contributed by atoms with van der Waals surface area (Å²) in [5, 5.41) is 0. The number of fused-ring (bicyclic) bond motifs is 1. The van der Waals surface area contributed by atoms with Crippen LogP contribution in [0.2, 0.25) is 0 Å². The fourth-order valence-corrected chi connectivity index (χ4v) is 4.17. The van der Waals surface area contributed by atoms with E-state index in [0.29, 0.717) is 44.3 Å². The van der Waals surface area contributed by atoms with Crippen LogP contribution in [0.4, 0.5) is 5.69 Å². The first-order chi connectivity index (χ1) is 12.4. The van der Waals surface area contributed by atoms with E-state index in [9.17, 15) is 13.2 Å². The molecular formula is C17H25N3O5S. The van der Waals surface area contributed by atoms with Crippen LogP contribution >= 0.6 is 0 Å². The summed E-state index contributed by atoms with van der Waals surface area (Å²) in [5.41, 5.74) is 0.492. The summed E-state index contributed by atoms with van der Waals surface area (Å²) in [5.74, 6) is 0.377. The number of nitrogens with zero attached hydrogens (tertiary/aromatic N) is 2. The van der Waals surface area contributed by atoms with E-state index < -0.39 is 10.0 Å². The van der Waals surface area contributed by atoms with E-state index in [2.05, 4.69) is 9.62 Å². The largest absolute Gasteiger partial charge is 0.487 e. The molecule has 1 saturated heterocycles. The van der Waals surface area contributed by atoms with Gasteiger partial charge in [0.05, 0.1) is 30.3 Å². The van der Waals surface area contributed by atoms with Gasteiger partial charge in [0.25, 0.3) is 0 Å². The molecule has 0 aliphatic carbocycles. The molecule has 26 heavy (non-hydrogen) atoms. The van der Waals surface area contributed by atoms with Gasteiger partial charge < -0.3 is 14.4 Å². The molecule has 1 amide bonds. The number of amides is 1. The highest BCUT2D eigenvalue weighted by atomic mass is 32.2. The van der Waals surface area contributed by atoms with Gasteiger partial charge in [-0.1, -0.05) is 0 Å². The lowest BCUT2D eigenvalue weighted by molar-refractivity contribution is -0.117. The van der Waals surface area contributed by atoms with Crippen LogP contribution in [0, 0.1) is 0 Å². The fourth-order valence-electron chi connectivity index (χ4n) is 3.13. The van der Waals surface area contributed by atoms with Crippen molar-refractivity contribution in [1.29, 1.82) is 0 Å². The highest BCUT2D eigenvalue weighted by Crippen LogP contribution is 2.35. The van der Waals surface area contributed by atoms with Crippen LogP contribution in [0.25, 0.3) is 0 Å². The number of hydrogen-bond donors (Lipinski definition) is 1. The Labute approximate surface area is 154 Å². The Bertz CT molecular complexity index is 762. The molecule has 3 rings (SSSR count). The standard InChI is InChI=1S/C17H25N3O5S/c1-13-12-20(14(2)21)16-11-15(3-4-17(16)25-13)26(22,23)18-5-6-19-7-9-24-10-8-19/h3-4,11,13,18H,5-10,12H2,1-2H3. The minimum atomic E-state index is -3.66. The lowest BCUT2D eigenvalue weighted by Gasteiger charge is -2.33. The van der Waals surface area contributed by atoms with Gasteiger partial charge in [-0.05, 0) is 25.1 Å². The SMILES string of the molecule is CC(=O)N1CC(C)Oc2ccc(S(=O)(=O)NCCN3CCOCC3)cc21. The normalized spacial score (nSPS) is 21.2. The Morgan fingerprint density at radius 3 is 2.73 bits per heavy atom. The molecule has 0 radical (unpaired) electrons. The third-order valence-corrected chi connectivity index (χ3v) is 5.96. The zero-order valence-corrected chi connectivity index (χ0v) is 15.9. The van der Waals surface area contributed by atoms with Crippen molar-refractivity contribution in [3.63, 3.8) is 0 Å². The van der Waals surface area contributed by atoms with Crippen LogP contribution in [-0.4, -0.2) is 71.3 Å². The lowest BCUT2D eigenvalue weighted by Crippen LogP contribution is -2.42. The highest BCUT2D eigenvalue weighted by molar-refractivity contribution is 7.89. The van der Waals surface area contributed by atoms with E-state index in [4.69, 9.17) is 9.47 Å². The maximum Gasteiger partial charge on any atom is 0.240 e. The molecule has 1 aromatic carbocycles. The second-order valence-electron chi connectivity index (χ2n) is 6.54. The molecule has 2 aliphatic heterocycles. The zero-order valence-electron chi connectivity index (χ0n) is 15.1. The Morgan fingerprint density at radius 2 is 2.04 bits per heavy atom. The van der Waals surface area contributed by atoms with E-state index in [1.807, 2.05) is 6.92 Å². The predicted molar refractivity (Wildman–Crippen MR) is 97.0 cm³/mol. The number of benzene rings is 1. The molecule has 2 aliphatic rings. The summed E-state index contributed by atoms with van der Waals surface area (Å²) in [7, 11) is -3.66. The second kappa shape index (κ2) is 7.91. The number of ether oxygens (including phenoxy) is 2. The summed E-state index contributed by atoms with van der Waals surface area (Å²) in [6, 6.07) is 4.61. The number of anilines is 1. The van der Waals surface area contributed by atoms with Gasteiger partial charge in [-0.15, -0.1) is 0 Å².